The van der Waals surface area contributed by atoms with Crippen molar-refractivity contribution in [2.24, 2.45) is 5.92 Å². The molecule has 1 N–H and O–H groups in total. The van der Waals surface area contributed by atoms with E-state index in [9.17, 15) is 0 Å². The Morgan fingerprint density at radius 1 is 1.41 bits per heavy atom. The highest BCUT2D eigenvalue weighted by Gasteiger charge is 2.24. The zero-order valence-electron chi connectivity index (χ0n) is 11.0. The van der Waals surface area contributed by atoms with Crippen LogP contribution in [0.2, 0.25) is 0 Å². The summed E-state index contributed by atoms with van der Waals surface area (Å²) in [5.74, 6) is 2.08. The minimum absolute atomic E-state index is 0.920. The number of hydrogen-bond acceptors (Lipinski definition) is 3. The van der Waals surface area contributed by atoms with Gasteiger partial charge in [0.05, 0.1) is 12.8 Å². The van der Waals surface area contributed by atoms with Gasteiger partial charge in [-0.3, -0.25) is 4.90 Å². The van der Waals surface area contributed by atoms with Crippen molar-refractivity contribution < 1.29 is 4.42 Å². The van der Waals surface area contributed by atoms with Gasteiger partial charge < -0.3 is 9.73 Å². The van der Waals surface area contributed by atoms with Crippen LogP contribution in [-0.4, -0.2) is 24.5 Å². The first-order chi connectivity index (χ1) is 8.33. The molecule has 1 aromatic rings. The van der Waals surface area contributed by atoms with Crippen LogP contribution >= 0.6 is 0 Å². The van der Waals surface area contributed by atoms with Crippen LogP contribution in [0, 0.1) is 5.92 Å². The first kappa shape index (κ1) is 12.7. The number of furan rings is 1. The number of nitrogens with one attached hydrogen (secondary N) is 1. The van der Waals surface area contributed by atoms with Crippen molar-refractivity contribution in [3.05, 3.63) is 23.7 Å². The Kier molecular flexibility index (Phi) is 4.63. The van der Waals surface area contributed by atoms with Crippen molar-refractivity contribution in [3.8, 4) is 0 Å². The van der Waals surface area contributed by atoms with Crippen molar-refractivity contribution in [2.75, 3.05) is 19.6 Å². The average molecular weight is 236 g/mol. The van der Waals surface area contributed by atoms with Gasteiger partial charge in [0.25, 0.3) is 0 Å². The molecule has 1 heterocycles. The maximum absolute atomic E-state index is 5.61. The molecule has 2 rings (SSSR count). The maximum atomic E-state index is 5.61. The average Bonchev–Trinajstić information content (AvgIpc) is 3.05. The van der Waals surface area contributed by atoms with E-state index in [4.69, 9.17) is 4.42 Å². The molecule has 1 aliphatic rings. The Hall–Kier alpha value is -0.800. The van der Waals surface area contributed by atoms with E-state index in [1.165, 1.54) is 24.9 Å². The predicted molar refractivity (Wildman–Crippen MR) is 69.8 cm³/mol. The van der Waals surface area contributed by atoms with E-state index in [0.29, 0.717) is 0 Å². The molecule has 0 bridgehead atoms. The Bertz CT molecular complexity index is 331. The summed E-state index contributed by atoms with van der Waals surface area (Å²) in [4.78, 5) is 2.49. The molecule has 0 atom stereocenters. The van der Waals surface area contributed by atoms with Crippen molar-refractivity contribution in [1.82, 2.24) is 10.2 Å². The van der Waals surface area contributed by atoms with Crippen LogP contribution in [0.3, 0.4) is 0 Å². The van der Waals surface area contributed by atoms with Crippen molar-refractivity contribution >= 4 is 0 Å². The molecule has 0 aromatic carbocycles. The lowest BCUT2D eigenvalue weighted by atomic mass is 10.2. The second kappa shape index (κ2) is 6.22. The highest BCUT2D eigenvalue weighted by Crippen LogP contribution is 2.30. The van der Waals surface area contributed by atoms with Crippen LogP contribution in [0.5, 0.6) is 0 Å². The molecule has 0 saturated heterocycles. The van der Waals surface area contributed by atoms with E-state index in [0.717, 1.165) is 37.9 Å². The highest BCUT2D eigenvalue weighted by molar-refractivity contribution is 5.16. The van der Waals surface area contributed by atoms with E-state index >= 15 is 0 Å². The molecule has 0 spiro atoms. The standard InChI is InChI=1S/C14H24N2O/c1-3-15-9-13-7-8-17-14(13)11-16(4-2)10-12-5-6-12/h7-8,12,15H,3-6,9-11H2,1-2H3. The fourth-order valence-corrected chi connectivity index (χ4v) is 2.10. The lowest BCUT2D eigenvalue weighted by Gasteiger charge is -2.19. The van der Waals surface area contributed by atoms with Crippen LogP contribution in [-0.2, 0) is 13.1 Å². The zero-order valence-corrected chi connectivity index (χ0v) is 11.0. The summed E-state index contributed by atoms with van der Waals surface area (Å²) in [6.07, 6.45) is 4.64. The van der Waals surface area contributed by atoms with Crippen molar-refractivity contribution in [3.63, 3.8) is 0 Å². The molecular weight excluding hydrogens is 212 g/mol. The van der Waals surface area contributed by atoms with E-state index in [2.05, 4.69) is 30.1 Å². The quantitative estimate of drug-likeness (QED) is 0.752. The van der Waals surface area contributed by atoms with Gasteiger partial charge in [-0.15, -0.1) is 0 Å². The lowest BCUT2D eigenvalue weighted by Crippen LogP contribution is -2.25. The van der Waals surface area contributed by atoms with Crippen LogP contribution in [0.25, 0.3) is 0 Å². The second-order valence-corrected chi connectivity index (χ2v) is 4.92. The number of hydrogen-bond donors (Lipinski definition) is 1. The van der Waals surface area contributed by atoms with Gasteiger partial charge in [0.2, 0.25) is 0 Å². The first-order valence-corrected chi connectivity index (χ1v) is 6.81. The zero-order chi connectivity index (χ0) is 12.1. The first-order valence-electron chi connectivity index (χ1n) is 6.81. The predicted octanol–water partition coefficient (Wildman–Crippen LogP) is 2.62. The molecular formula is C14H24N2O. The fraction of sp³-hybridized carbons (Fsp3) is 0.714. The topological polar surface area (TPSA) is 28.4 Å². The second-order valence-electron chi connectivity index (χ2n) is 4.92. The summed E-state index contributed by atoms with van der Waals surface area (Å²) < 4.78 is 5.61. The molecule has 0 unspecified atom stereocenters. The third kappa shape index (κ3) is 3.86. The van der Waals surface area contributed by atoms with Crippen molar-refractivity contribution in [2.45, 2.75) is 39.8 Å². The van der Waals surface area contributed by atoms with Crippen molar-refractivity contribution in [1.29, 1.82) is 0 Å². The van der Waals surface area contributed by atoms with E-state index in [1.807, 2.05) is 6.26 Å². The molecule has 0 amide bonds. The summed E-state index contributed by atoms with van der Waals surface area (Å²) in [5, 5.41) is 3.36. The molecule has 17 heavy (non-hydrogen) atoms. The van der Waals surface area contributed by atoms with Gasteiger partial charge in [-0.1, -0.05) is 13.8 Å². The van der Waals surface area contributed by atoms with Gasteiger partial charge in [-0.25, -0.2) is 0 Å². The van der Waals surface area contributed by atoms with Gasteiger partial charge >= 0.3 is 0 Å². The molecule has 1 fully saturated rings. The number of nitrogens with zero attached hydrogens (tertiary/aromatic N) is 1. The molecule has 1 aromatic heterocycles. The van der Waals surface area contributed by atoms with Crippen LogP contribution in [0.15, 0.2) is 16.7 Å². The molecule has 96 valence electrons. The highest BCUT2D eigenvalue weighted by atomic mass is 16.3. The summed E-state index contributed by atoms with van der Waals surface area (Å²) in [7, 11) is 0. The number of rotatable bonds is 8. The smallest absolute Gasteiger partial charge is 0.122 e. The Balaban J connectivity index is 1.88. The summed E-state index contributed by atoms with van der Waals surface area (Å²) in [6, 6.07) is 2.09. The minimum atomic E-state index is 0.920. The van der Waals surface area contributed by atoms with E-state index in [-0.39, 0.29) is 0 Å². The van der Waals surface area contributed by atoms with Crippen LogP contribution < -0.4 is 5.32 Å². The summed E-state index contributed by atoms with van der Waals surface area (Å²) in [5.41, 5.74) is 1.31. The Morgan fingerprint density at radius 2 is 2.24 bits per heavy atom. The molecule has 1 aliphatic carbocycles. The Labute approximate surface area is 104 Å². The van der Waals surface area contributed by atoms with Gasteiger partial charge in [0.15, 0.2) is 0 Å². The van der Waals surface area contributed by atoms with Gasteiger partial charge in [-0.2, -0.15) is 0 Å². The monoisotopic (exact) mass is 236 g/mol. The molecule has 0 radical (unpaired) electrons. The molecule has 1 saturated carbocycles. The molecule has 0 aliphatic heterocycles. The van der Waals surface area contributed by atoms with Crippen LogP contribution in [0.4, 0.5) is 0 Å². The normalized spacial score (nSPS) is 15.7. The maximum Gasteiger partial charge on any atom is 0.122 e. The third-order valence-corrected chi connectivity index (χ3v) is 3.43. The van der Waals surface area contributed by atoms with Gasteiger partial charge in [-0.05, 0) is 37.9 Å². The van der Waals surface area contributed by atoms with Crippen LogP contribution in [0.1, 0.15) is 38.0 Å². The summed E-state index contributed by atoms with van der Waals surface area (Å²) in [6.45, 7) is 9.59. The molecule has 3 heteroatoms. The Morgan fingerprint density at radius 3 is 2.88 bits per heavy atom. The van der Waals surface area contributed by atoms with E-state index < -0.39 is 0 Å². The SMILES string of the molecule is CCNCc1ccoc1CN(CC)CC1CC1. The van der Waals surface area contributed by atoms with Gasteiger partial charge in [0, 0.05) is 18.7 Å². The lowest BCUT2D eigenvalue weighted by molar-refractivity contribution is 0.244. The van der Waals surface area contributed by atoms with Gasteiger partial charge in [0.1, 0.15) is 5.76 Å². The fourth-order valence-electron chi connectivity index (χ4n) is 2.10. The third-order valence-electron chi connectivity index (χ3n) is 3.43. The largest absolute Gasteiger partial charge is 0.468 e. The minimum Gasteiger partial charge on any atom is -0.468 e. The summed E-state index contributed by atoms with van der Waals surface area (Å²) >= 11 is 0. The molecule has 3 nitrogen and oxygen atoms in total. The van der Waals surface area contributed by atoms with E-state index in [1.54, 1.807) is 0 Å².